The summed E-state index contributed by atoms with van der Waals surface area (Å²) in [5.41, 5.74) is 0. The van der Waals surface area contributed by atoms with E-state index in [-0.39, 0.29) is 11.1 Å². The van der Waals surface area contributed by atoms with Crippen LogP contribution in [0.15, 0.2) is 0 Å². The van der Waals surface area contributed by atoms with Crippen molar-refractivity contribution in [3.63, 3.8) is 0 Å². The summed E-state index contributed by atoms with van der Waals surface area (Å²) >= 11 is 0. The van der Waals surface area contributed by atoms with E-state index >= 15 is 0 Å². The molecule has 0 bridgehead atoms. The van der Waals surface area contributed by atoms with E-state index in [1.165, 1.54) is 57.8 Å². The summed E-state index contributed by atoms with van der Waals surface area (Å²) < 4.78 is 0. The second kappa shape index (κ2) is 14.3. The van der Waals surface area contributed by atoms with E-state index in [0.29, 0.717) is 6.42 Å². The molecular formula is C17H35NO3. The maximum Gasteiger partial charge on any atom is 0.276 e. The molecule has 0 aliphatic heterocycles. The molecule has 0 aromatic heterocycles. The number of hydroxylamine groups is 2. The van der Waals surface area contributed by atoms with Crippen LogP contribution in [0.25, 0.3) is 0 Å². The van der Waals surface area contributed by atoms with Gasteiger partial charge in [-0.3, -0.25) is 15.2 Å². The van der Waals surface area contributed by atoms with Gasteiger partial charge in [0, 0.05) is 5.92 Å². The van der Waals surface area contributed by atoms with E-state index in [0.717, 1.165) is 19.3 Å². The Labute approximate surface area is 130 Å². The van der Waals surface area contributed by atoms with Crippen molar-refractivity contribution in [3.8, 4) is 0 Å². The van der Waals surface area contributed by atoms with Gasteiger partial charge in [-0.15, -0.1) is 0 Å². The summed E-state index contributed by atoms with van der Waals surface area (Å²) in [6, 6.07) is 0. The van der Waals surface area contributed by atoms with Gasteiger partial charge in [-0.25, -0.2) is 0 Å². The molecule has 0 spiro atoms. The van der Waals surface area contributed by atoms with E-state index in [1.54, 1.807) is 0 Å². The predicted octanol–water partition coefficient (Wildman–Crippen LogP) is 5.32. The summed E-state index contributed by atoms with van der Waals surface area (Å²) in [6.07, 6.45) is 15.5. The smallest absolute Gasteiger partial charge is 0.270 e. The normalized spacial score (nSPS) is 12.4. The highest BCUT2D eigenvalue weighted by Gasteiger charge is 2.20. The molecule has 1 amide bonds. The zero-order chi connectivity index (χ0) is 15.9. The number of rotatable bonds is 14. The van der Waals surface area contributed by atoms with Gasteiger partial charge in [0.2, 0.25) is 0 Å². The minimum Gasteiger partial charge on any atom is -0.270 e. The van der Waals surface area contributed by atoms with Crippen molar-refractivity contribution in [1.29, 1.82) is 0 Å². The molecule has 21 heavy (non-hydrogen) atoms. The van der Waals surface area contributed by atoms with Gasteiger partial charge < -0.3 is 0 Å². The molecule has 0 saturated carbocycles. The summed E-state index contributed by atoms with van der Waals surface area (Å²) in [6.45, 7) is 4.15. The first kappa shape index (κ1) is 20.4. The molecule has 0 saturated heterocycles. The molecule has 1 atom stereocenters. The lowest BCUT2D eigenvalue weighted by atomic mass is 9.97. The first-order chi connectivity index (χ1) is 10.1. The fraction of sp³-hybridized carbons (Fsp3) is 0.941. The fourth-order valence-electron chi connectivity index (χ4n) is 2.72. The van der Waals surface area contributed by atoms with Crippen LogP contribution in [0.5, 0.6) is 0 Å². The number of hydrogen-bond donors (Lipinski definition) is 2. The Morgan fingerprint density at radius 2 is 1.24 bits per heavy atom. The van der Waals surface area contributed by atoms with Crippen LogP contribution in [0.3, 0.4) is 0 Å². The lowest BCUT2D eigenvalue weighted by Gasteiger charge is -2.15. The summed E-state index contributed by atoms with van der Waals surface area (Å²) in [5, 5.41) is 17.2. The molecule has 2 N–H and O–H groups in total. The first-order valence-corrected chi connectivity index (χ1v) is 8.85. The number of hydrogen-bond acceptors (Lipinski definition) is 3. The average molecular weight is 301 g/mol. The number of unbranched alkanes of at least 4 members (excludes halogenated alkanes) is 10. The molecule has 4 heteroatoms. The molecule has 4 nitrogen and oxygen atoms in total. The van der Waals surface area contributed by atoms with Crippen LogP contribution < -0.4 is 0 Å². The second-order valence-corrected chi connectivity index (χ2v) is 6.06. The quantitative estimate of drug-likeness (QED) is 0.259. The third kappa shape index (κ3) is 11.7. The molecule has 126 valence electrons. The monoisotopic (exact) mass is 301 g/mol. The summed E-state index contributed by atoms with van der Waals surface area (Å²) in [5.74, 6) is -0.830. The van der Waals surface area contributed by atoms with Crippen molar-refractivity contribution in [1.82, 2.24) is 5.23 Å². The van der Waals surface area contributed by atoms with Crippen molar-refractivity contribution < 1.29 is 15.2 Å². The molecule has 0 aromatic carbocycles. The van der Waals surface area contributed by atoms with Crippen LogP contribution >= 0.6 is 0 Å². The van der Waals surface area contributed by atoms with Crippen LogP contribution in [0.4, 0.5) is 0 Å². The molecule has 0 aliphatic rings. The van der Waals surface area contributed by atoms with Gasteiger partial charge in [0.1, 0.15) is 0 Å². The van der Waals surface area contributed by atoms with Crippen LogP contribution in [0, 0.1) is 5.92 Å². The van der Waals surface area contributed by atoms with E-state index in [9.17, 15) is 4.79 Å². The zero-order valence-electron chi connectivity index (χ0n) is 14.0. The number of amides is 1. The largest absolute Gasteiger partial charge is 0.276 e. The lowest BCUT2D eigenvalue weighted by Crippen LogP contribution is -2.30. The Morgan fingerprint density at radius 3 is 1.62 bits per heavy atom. The van der Waals surface area contributed by atoms with Crippen molar-refractivity contribution in [2.24, 2.45) is 5.92 Å². The predicted molar refractivity (Wildman–Crippen MR) is 85.3 cm³/mol. The van der Waals surface area contributed by atoms with Crippen molar-refractivity contribution >= 4 is 5.91 Å². The third-order valence-corrected chi connectivity index (χ3v) is 4.20. The molecule has 0 aromatic rings. The molecule has 0 rings (SSSR count). The van der Waals surface area contributed by atoms with Gasteiger partial charge in [-0.1, -0.05) is 89.7 Å². The van der Waals surface area contributed by atoms with Crippen molar-refractivity contribution in [2.75, 3.05) is 0 Å². The highest BCUT2D eigenvalue weighted by atomic mass is 16.8. The maximum absolute atomic E-state index is 11.4. The van der Waals surface area contributed by atoms with Crippen molar-refractivity contribution in [2.45, 2.75) is 97.3 Å². The van der Waals surface area contributed by atoms with Gasteiger partial charge in [-0.2, -0.15) is 0 Å². The van der Waals surface area contributed by atoms with Gasteiger partial charge in [0.15, 0.2) is 0 Å². The van der Waals surface area contributed by atoms with E-state index in [1.807, 2.05) is 6.92 Å². The molecule has 0 aliphatic carbocycles. The summed E-state index contributed by atoms with van der Waals surface area (Å²) in [7, 11) is 0. The Hall–Kier alpha value is -0.610. The highest BCUT2D eigenvalue weighted by molar-refractivity contribution is 5.76. The Morgan fingerprint density at radius 1 is 0.810 bits per heavy atom. The Bertz CT molecular complexity index is 244. The topological polar surface area (TPSA) is 60.8 Å². The van der Waals surface area contributed by atoms with Crippen LogP contribution in [-0.2, 0) is 4.79 Å². The lowest BCUT2D eigenvalue weighted by molar-refractivity contribution is -0.288. The van der Waals surface area contributed by atoms with Gasteiger partial charge in [-0.05, 0) is 12.8 Å². The Balaban J connectivity index is 3.37. The van der Waals surface area contributed by atoms with E-state index in [4.69, 9.17) is 10.4 Å². The maximum atomic E-state index is 11.4. The van der Waals surface area contributed by atoms with E-state index < -0.39 is 5.91 Å². The molecule has 0 heterocycles. The highest BCUT2D eigenvalue weighted by Crippen LogP contribution is 2.17. The fourth-order valence-corrected chi connectivity index (χ4v) is 2.72. The van der Waals surface area contributed by atoms with Gasteiger partial charge in [0.05, 0.1) is 0 Å². The minimum absolute atomic E-state index is 0.251. The SMILES string of the molecule is CCCCCCCCCCCCCC(CC)C(=O)N(O)O. The standard InChI is InChI=1S/C17H35NO3/c1-3-5-6-7-8-9-10-11-12-13-14-15-16(4-2)17(19)18(20)21/h16,20-21H,3-15H2,1-2H3. The first-order valence-electron chi connectivity index (χ1n) is 8.85. The molecular weight excluding hydrogens is 266 g/mol. The molecule has 1 unspecified atom stereocenters. The second-order valence-electron chi connectivity index (χ2n) is 6.06. The number of carbonyl (C=O) groups is 1. The Kier molecular flexibility index (Phi) is 13.9. The number of nitrogens with zero attached hydrogens (tertiary/aromatic N) is 1. The third-order valence-electron chi connectivity index (χ3n) is 4.20. The van der Waals surface area contributed by atoms with Crippen LogP contribution in [-0.4, -0.2) is 21.5 Å². The summed E-state index contributed by atoms with van der Waals surface area (Å²) in [4.78, 5) is 11.4. The van der Waals surface area contributed by atoms with Crippen molar-refractivity contribution in [3.05, 3.63) is 0 Å². The molecule has 0 radical (unpaired) electrons. The molecule has 0 fully saturated rings. The minimum atomic E-state index is -0.579. The van der Waals surface area contributed by atoms with Crippen LogP contribution in [0.2, 0.25) is 0 Å². The van der Waals surface area contributed by atoms with E-state index in [2.05, 4.69) is 6.92 Å². The zero-order valence-corrected chi connectivity index (χ0v) is 14.0. The average Bonchev–Trinajstić information content (AvgIpc) is 2.48. The van der Waals surface area contributed by atoms with Gasteiger partial charge >= 0.3 is 0 Å². The van der Waals surface area contributed by atoms with Gasteiger partial charge in [0.25, 0.3) is 5.91 Å². The number of carbonyl (C=O) groups excluding carboxylic acids is 1. The van der Waals surface area contributed by atoms with Crippen LogP contribution in [0.1, 0.15) is 97.3 Å².